The maximum Gasteiger partial charge on any atom is 0.251 e. The summed E-state index contributed by atoms with van der Waals surface area (Å²) in [6, 6.07) is 16.7. The summed E-state index contributed by atoms with van der Waals surface area (Å²) in [6.07, 6.45) is 1.62. The van der Waals surface area contributed by atoms with Crippen LogP contribution in [0.3, 0.4) is 0 Å². The highest BCUT2D eigenvalue weighted by Gasteiger charge is 2.07. The number of methoxy groups -OCH3 is 1. The third-order valence-electron chi connectivity index (χ3n) is 4.37. The van der Waals surface area contributed by atoms with Gasteiger partial charge in [-0.15, -0.1) is 0 Å². The van der Waals surface area contributed by atoms with Crippen molar-refractivity contribution in [3.8, 4) is 17.2 Å². The van der Waals surface area contributed by atoms with Gasteiger partial charge in [0.25, 0.3) is 5.91 Å². The molecule has 0 radical (unpaired) electrons. The monoisotopic (exact) mass is 421 g/mol. The number of amides is 1. The predicted octanol–water partition coefficient (Wildman–Crippen LogP) is 2.84. The van der Waals surface area contributed by atoms with Gasteiger partial charge in [0.05, 0.1) is 13.7 Å². The molecule has 8 nitrogen and oxygen atoms in total. The average Bonchev–Trinajstić information content (AvgIpc) is 3.30. The van der Waals surface area contributed by atoms with Crippen molar-refractivity contribution in [2.24, 2.45) is 4.99 Å². The third-order valence-corrected chi connectivity index (χ3v) is 4.37. The predicted molar refractivity (Wildman–Crippen MR) is 120 cm³/mol. The van der Waals surface area contributed by atoms with E-state index in [-0.39, 0.29) is 5.91 Å². The van der Waals surface area contributed by atoms with E-state index in [0.717, 1.165) is 17.8 Å². The first-order valence-electron chi connectivity index (χ1n) is 10.1. The summed E-state index contributed by atoms with van der Waals surface area (Å²) in [5, 5.41) is 9.25. The van der Waals surface area contributed by atoms with E-state index in [1.165, 1.54) is 0 Å². The van der Waals surface area contributed by atoms with E-state index in [1.54, 1.807) is 37.6 Å². The Labute approximate surface area is 181 Å². The fourth-order valence-corrected chi connectivity index (χ4v) is 2.80. The van der Waals surface area contributed by atoms with E-state index in [1.807, 2.05) is 37.3 Å². The normalized spacial score (nSPS) is 11.1. The highest BCUT2D eigenvalue weighted by molar-refractivity contribution is 5.94. The number of aliphatic imine (C=N–C) groups is 1. The van der Waals surface area contributed by atoms with Gasteiger partial charge in [0.15, 0.2) is 5.96 Å². The Kier molecular flexibility index (Phi) is 8.05. The number of benzene rings is 2. The molecule has 3 rings (SSSR count). The van der Waals surface area contributed by atoms with Crippen molar-refractivity contribution in [3.05, 3.63) is 72.1 Å². The quantitative estimate of drug-likeness (QED) is 0.279. The van der Waals surface area contributed by atoms with Crippen LogP contribution < -0.4 is 20.7 Å². The summed E-state index contributed by atoms with van der Waals surface area (Å²) < 4.78 is 10.7. The van der Waals surface area contributed by atoms with Crippen LogP contribution in [0.25, 0.3) is 11.5 Å². The SMILES string of the molecule is CCNC(=NCc1coc(-c2ccccc2)n1)NCCNC(=O)c1ccc(OC)cc1. The number of hydrogen-bond donors (Lipinski definition) is 3. The number of rotatable bonds is 9. The zero-order valence-electron chi connectivity index (χ0n) is 17.7. The molecule has 0 fully saturated rings. The van der Waals surface area contributed by atoms with Crippen LogP contribution in [0.1, 0.15) is 23.0 Å². The van der Waals surface area contributed by atoms with Crippen LogP contribution in [0, 0.1) is 0 Å². The number of carbonyl (C=O) groups is 1. The molecule has 3 N–H and O–H groups in total. The fraction of sp³-hybridized carbons (Fsp3) is 0.261. The second-order valence-electron chi connectivity index (χ2n) is 6.62. The van der Waals surface area contributed by atoms with Crippen molar-refractivity contribution < 1.29 is 13.9 Å². The molecule has 2 aromatic carbocycles. The summed E-state index contributed by atoms with van der Waals surface area (Å²) in [4.78, 5) is 21.2. The first-order valence-corrected chi connectivity index (χ1v) is 10.1. The summed E-state index contributed by atoms with van der Waals surface area (Å²) in [6.45, 7) is 4.08. The van der Waals surface area contributed by atoms with Crippen molar-refractivity contribution >= 4 is 11.9 Å². The Morgan fingerprint density at radius 1 is 1.03 bits per heavy atom. The van der Waals surface area contributed by atoms with Crippen molar-refractivity contribution in [2.45, 2.75) is 13.5 Å². The summed E-state index contributed by atoms with van der Waals surface area (Å²) >= 11 is 0. The standard InChI is InChI=1S/C23H27N5O3/c1-3-24-23(26-14-13-25-21(29)17-9-11-20(30-2)12-10-17)27-15-19-16-31-22(28-19)18-7-5-4-6-8-18/h4-12,16H,3,13-15H2,1-2H3,(H,25,29)(H2,24,26,27). The summed E-state index contributed by atoms with van der Waals surface area (Å²) in [5.41, 5.74) is 2.25. The lowest BCUT2D eigenvalue weighted by Gasteiger charge is -2.11. The van der Waals surface area contributed by atoms with Crippen LogP contribution in [0.15, 0.2) is 70.3 Å². The Hall–Kier alpha value is -3.81. The highest BCUT2D eigenvalue weighted by Crippen LogP contribution is 2.18. The molecule has 1 heterocycles. The molecule has 1 aromatic heterocycles. The molecular formula is C23H27N5O3. The summed E-state index contributed by atoms with van der Waals surface area (Å²) in [5.74, 6) is 1.80. The molecule has 0 aliphatic heterocycles. The number of nitrogens with one attached hydrogen (secondary N) is 3. The maximum atomic E-state index is 12.2. The molecule has 162 valence electrons. The molecule has 1 amide bonds. The number of nitrogens with zero attached hydrogens (tertiary/aromatic N) is 2. The minimum Gasteiger partial charge on any atom is -0.497 e. The number of hydrogen-bond acceptors (Lipinski definition) is 5. The molecule has 0 aliphatic carbocycles. The second-order valence-corrected chi connectivity index (χ2v) is 6.62. The van der Waals surface area contributed by atoms with Crippen molar-refractivity contribution in [1.82, 2.24) is 20.9 Å². The summed E-state index contributed by atoms with van der Waals surface area (Å²) in [7, 11) is 1.59. The van der Waals surface area contributed by atoms with Crippen LogP contribution in [-0.2, 0) is 6.54 Å². The van der Waals surface area contributed by atoms with Crippen LogP contribution in [0.4, 0.5) is 0 Å². The number of ether oxygens (including phenoxy) is 1. The molecule has 0 spiro atoms. The Balaban J connectivity index is 1.47. The van der Waals surface area contributed by atoms with E-state index in [4.69, 9.17) is 9.15 Å². The average molecular weight is 422 g/mol. The first-order chi connectivity index (χ1) is 15.2. The van der Waals surface area contributed by atoms with Crippen molar-refractivity contribution in [2.75, 3.05) is 26.7 Å². The van der Waals surface area contributed by atoms with Gasteiger partial charge in [-0.25, -0.2) is 9.98 Å². The molecule has 0 atom stereocenters. The zero-order valence-corrected chi connectivity index (χ0v) is 17.7. The molecular weight excluding hydrogens is 394 g/mol. The van der Waals surface area contributed by atoms with Gasteiger partial charge in [-0.1, -0.05) is 18.2 Å². The van der Waals surface area contributed by atoms with Gasteiger partial charge in [0.2, 0.25) is 5.89 Å². The molecule has 31 heavy (non-hydrogen) atoms. The van der Waals surface area contributed by atoms with E-state index >= 15 is 0 Å². The smallest absolute Gasteiger partial charge is 0.251 e. The van der Waals surface area contributed by atoms with E-state index < -0.39 is 0 Å². The van der Waals surface area contributed by atoms with E-state index in [0.29, 0.717) is 42.8 Å². The first kappa shape index (κ1) is 21.9. The lowest BCUT2D eigenvalue weighted by molar-refractivity contribution is 0.0954. The Bertz CT molecular complexity index is 984. The second kappa shape index (κ2) is 11.4. The molecule has 3 aromatic rings. The molecule has 8 heteroatoms. The van der Waals surface area contributed by atoms with Gasteiger partial charge < -0.3 is 25.1 Å². The fourth-order valence-electron chi connectivity index (χ4n) is 2.80. The van der Waals surface area contributed by atoms with Gasteiger partial charge in [-0.05, 0) is 43.3 Å². The van der Waals surface area contributed by atoms with Crippen molar-refractivity contribution in [3.63, 3.8) is 0 Å². The minimum absolute atomic E-state index is 0.137. The minimum atomic E-state index is -0.137. The van der Waals surface area contributed by atoms with Crippen LogP contribution in [0.2, 0.25) is 0 Å². The van der Waals surface area contributed by atoms with E-state index in [2.05, 4.69) is 25.9 Å². The molecule has 0 saturated carbocycles. The number of oxazole rings is 1. The van der Waals surface area contributed by atoms with E-state index in [9.17, 15) is 4.79 Å². The van der Waals surface area contributed by atoms with Gasteiger partial charge in [-0.2, -0.15) is 0 Å². The molecule has 0 saturated heterocycles. The van der Waals surface area contributed by atoms with Gasteiger partial charge in [-0.3, -0.25) is 4.79 Å². The molecule has 0 unspecified atom stereocenters. The maximum absolute atomic E-state index is 12.2. The molecule has 0 aliphatic rings. The lowest BCUT2D eigenvalue weighted by Crippen LogP contribution is -2.41. The largest absolute Gasteiger partial charge is 0.497 e. The third kappa shape index (κ3) is 6.60. The van der Waals surface area contributed by atoms with Crippen LogP contribution >= 0.6 is 0 Å². The zero-order chi connectivity index (χ0) is 21.9. The number of aromatic nitrogens is 1. The van der Waals surface area contributed by atoms with Gasteiger partial charge in [0.1, 0.15) is 17.7 Å². The van der Waals surface area contributed by atoms with Crippen molar-refractivity contribution in [1.29, 1.82) is 0 Å². The molecule has 0 bridgehead atoms. The highest BCUT2D eigenvalue weighted by atomic mass is 16.5. The number of guanidine groups is 1. The van der Waals surface area contributed by atoms with Gasteiger partial charge >= 0.3 is 0 Å². The topological polar surface area (TPSA) is 101 Å². The van der Waals surface area contributed by atoms with Crippen LogP contribution in [0.5, 0.6) is 5.75 Å². The van der Waals surface area contributed by atoms with Crippen LogP contribution in [-0.4, -0.2) is 43.6 Å². The van der Waals surface area contributed by atoms with Gasteiger partial charge in [0, 0.05) is 30.8 Å². The number of carbonyl (C=O) groups excluding carboxylic acids is 1. The Morgan fingerprint density at radius 2 is 1.77 bits per heavy atom. The Morgan fingerprint density at radius 3 is 2.48 bits per heavy atom. The lowest BCUT2D eigenvalue weighted by atomic mass is 10.2.